The van der Waals surface area contributed by atoms with E-state index in [2.05, 4.69) is 17.1 Å². The number of sulfonamides is 1. The van der Waals surface area contributed by atoms with Crippen LogP contribution in [0.5, 0.6) is 5.75 Å². The van der Waals surface area contributed by atoms with Crippen molar-refractivity contribution in [2.75, 3.05) is 32.8 Å². The Kier molecular flexibility index (Phi) is 7.59. The zero-order valence-corrected chi connectivity index (χ0v) is 19.9. The molecule has 0 unspecified atom stereocenters. The van der Waals surface area contributed by atoms with Gasteiger partial charge in [0.2, 0.25) is 21.7 Å². The van der Waals surface area contributed by atoms with Gasteiger partial charge >= 0.3 is 0 Å². The predicted molar refractivity (Wildman–Crippen MR) is 126 cm³/mol. The van der Waals surface area contributed by atoms with Crippen LogP contribution in [0.15, 0.2) is 64.0 Å². The molecule has 9 nitrogen and oxygen atoms in total. The molecule has 0 aliphatic carbocycles. The van der Waals surface area contributed by atoms with Crippen LogP contribution in [0, 0.1) is 0 Å². The maximum Gasteiger partial charge on any atom is 0.260 e. The van der Waals surface area contributed by atoms with Gasteiger partial charge in [-0.25, -0.2) is 8.42 Å². The largest absolute Gasteiger partial charge is 0.484 e. The number of unbranched alkanes of at least 4 members (excludes halogenated alkanes) is 1. The number of benzene rings is 2. The lowest BCUT2D eigenvalue weighted by Crippen LogP contribution is -2.51. The van der Waals surface area contributed by atoms with Gasteiger partial charge in [-0.3, -0.25) is 4.79 Å². The fourth-order valence-electron chi connectivity index (χ4n) is 3.66. The van der Waals surface area contributed by atoms with Gasteiger partial charge in [-0.2, -0.15) is 9.29 Å². The molecular weight excluding hydrogens is 456 g/mol. The first-order valence-corrected chi connectivity index (χ1v) is 12.8. The van der Waals surface area contributed by atoms with Crippen molar-refractivity contribution in [2.45, 2.75) is 31.1 Å². The van der Waals surface area contributed by atoms with Gasteiger partial charge in [-0.05, 0) is 42.8 Å². The molecule has 3 aromatic rings. The van der Waals surface area contributed by atoms with E-state index >= 15 is 0 Å². The second-order valence-corrected chi connectivity index (χ2v) is 9.96. The molecule has 0 spiro atoms. The van der Waals surface area contributed by atoms with E-state index in [0.29, 0.717) is 30.6 Å². The van der Waals surface area contributed by atoms with E-state index in [1.165, 1.54) is 4.31 Å². The summed E-state index contributed by atoms with van der Waals surface area (Å²) in [4.78, 5) is 18.9. The highest BCUT2D eigenvalue weighted by Crippen LogP contribution is 2.21. The molecule has 2 aromatic carbocycles. The first-order chi connectivity index (χ1) is 16.5. The molecule has 1 aliphatic heterocycles. The van der Waals surface area contributed by atoms with Crippen LogP contribution in [0.3, 0.4) is 0 Å². The predicted octanol–water partition coefficient (Wildman–Crippen LogP) is 2.99. The minimum Gasteiger partial charge on any atom is -0.484 e. The van der Waals surface area contributed by atoms with Gasteiger partial charge in [0.05, 0.1) is 4.90 Å². The van der Waals surface area contributed by atoms with Crippen LogP contribution in [0.2, 0.25) is 0 Å². The van der Waals surface area contributed by atoms with E-state index in [1.807, 2.05) is 12.1 Å². The zero-order valence-electron chi connectivity index (χ0n) is 19.1. The molecule has 0 radical (unpaired) electrons. The topological polar surface area (TPSA) is 106 Å². The maximum absolute atomic E-state index is 12.7. The standard InChI is InChI=1S/C24H28N4O5S/c1-2-3-9-22-25-24(26-33-22)19-10-12-20(13-11-19)32-18-23(29)27-14-16-28(17-15-27)34(30,31)21-7-5-4-6-8-21/h4-8,10-13H,2-3,9,14-18H2,1H3. The number of piperazine rings is 1. The molecule has 34 heavy (non-hydrogen) atoms. The SMILES string of the molecule is CCCCc1nc(-c2ccc(OCC(=O)N3CCN(S(=O)(=O)c4ccccc4)CC3)cc2)no1. The van der Waals surface area contributed by atoms with Crippen molar-refractivity contribution >= 4 is 15.9 Å². The maximum atomic E-state index is 12.7. The number of ether oxygens (including phenoxy) is 1. The average molecular weight is 485 g/mol. The highest BCUT2D eigenvalue weighted by Gasteiger charge is 2.30. The molecule has 10 heteroatoms. The lowest BCUT2D eigenvalue weighted by atomic mass is 10.2. The third-order valence-corrected chi connectivity index (χ3v) is 7.57. The van der Waals surface area contributed by atoms with Crippen molar-refractivity contribution in [2.24, 2.45) is 0 Å². The van der Waals surface area contributed by atoms with Gasteiger partial charge in [-0.1, -0.05) is 36.7 Å². The summed E-state index contributed by atoms with van der Waals surface area (Å²) in [5.41, 5.74) is 0.806. The molecular formula is C24H28N4O5S. The number of carbonyl (C=O) groups is 1. The summed E-state index contributed by atoms with van der Waals surface area (Å²) in [7, 11) is -3.55. The molecule has 0 saturated carbocycles. The fourth-order valence-corrected chi connectivity index (χ4v) is 5.10. The van der Waals surface area contributed by atoms with Gasteiger partial charge in [0.15, 0.2) is 6.61 Å². The third kappa shape index (κ3) is 5.63. The summed E-state index contributed by atoms with van der Waals surface area (Å²) in [5.74, 6) is 1.52. The Morgan fingerprint density at radius 1 is 1.03 bits per heavy atom. The Labute approximate surface area is 199 Å². The summed E-state index contributed by atoms with van der Waals surface area (Å²) in [6.45, 7) is 3.15. The van der Waals surface area contributed by atoms with Crippen LogP contribution in [-0.4, -0.2) is 66.5 Å². The second kappa shape index (κ2) is 10.8. The van der Waals surface area contributed by atoms with E-state index in [4.69, 9.17) is 9.26 Å². The summed E-state index contributed by atoms with van der Waals surface area (Å²) in [5, 5.41) is 4.01. The number of aryl methyl sites for hydroxylation is 1. The molecule has 180 valence electrons. The van der Waals surface area contributed by atoms with E-state index in [1.54, 1.807) is 47.4 Å². The van der Waals surface area contributed by atoms with Crippen molar-refractivity contribution in [3.63, 3.8) is 0 Å². The average Bonchev–Trinajstić information content (AvgIpc) is 3.36. The molecule has 0 atom stereocenters. The summed E-state index contributed by atoms with van der Waals surface area (Å²) >= 11 is 0. The van der Waals surface area contributed by atoms with Crippen molar-refractivity contribution in [1.82, 2.24) is 19.3 Å². The lowest BCUT2D eigenvalue weighted by Gasteiger charge is -2.33. The number of hydrogen-bond donors (Lipinski definition) is 0. The Morgan fingerprint density at radius 3 is 2.41 bits per heavy atom. The molecule has 2 heterocycles. The van der Waals surface area contributed by atoms with E-state index in [-0.39, 0.29) is 30.5 Å². The Balaban J connectivity index is 1.26. The highest BCUT2D eigenvalue weighted by atomic mass is 32.2. The first kappa shape index (κ1) is 23.9. The molecule has 1 aromatic heterocycles. The molecule has 1 fully saturated rings. The quantitative estimate of drug-likeness (QED) is 0.460. The summed E-state index contributed by atoms with van der Waals surface area (Å²) < 4.78 is 37.8. The van der Waals surface area contributed by atoms with Crippen LogP contribution in [0.1, 0.15) is 25.7 Å². The highest BCUT2D eigenvalue weighted by molar-refractivity contribution is 7.89. The number of amides is 1. The zero-order chi connectivity index (χ0) is 24.0. The summed E-state index contributed by atoms with van der Waals surface area (Å²) in [6, 6.07) is 15.5. The van der Waals surface area contributed by atoms with Crippen LogP contribution in [-0.2, 0) is 21.2 Å². The smallest absolute Gasteiger partial charge is 0.260 e. The normalized spacial score (nSPS) is 14.8. The van der Waals surface area contributed by atoms with Crippen LogP contribution in [0.25, 0.3) is 11.4 Å². The lowest BCUT2D eigenvalue weighted by molar-refractivity contribution is -0.134. The summed E-state index contributed by atoms with van der Waals surface area (Å²) in [6.07, 6.45) is 2.82. The van der Waals surface area contributed by atoms with Gasteiger partial charge < -0.3 is 14.2 Å². The number of carbonyl (C=O) groups excluding carboxylic acids is 1. The van der Waals surface area contributed by atoms with Crippen LogP contribution < -0.4 is 4.74 Å². The Bertz CT molecular complexity index is 1190. The van der Waals surface area contributed by atoms with Crippen molar-refractivity contribution in [1.29, 1.82) is 0 Å². The monoisotopic (exact) mass is 484 g/mol. The van der Waals surface area contributed by atoms with Gasteiger partial charge in [-0.15, -0.1) is 0 Å². The second-order valence-electron chi connectivity index (χ2n) is 8.03. The van der Waals surface area contributed by atoms with Crippen molar-refractivity contribution in [3.05, 3.63) is 60.5 Å². The Hall–Kier alpha value is -3.24. The van der Waals surface area contributed by atoms with E-state index < -0.39 is 10.0 Å². The third-order valence-electron chi connectivity index (χ3n) is 5.66. The molecule has 1 amide bonds. The van der Waals surface area contributed by atoms with Gasteiger partial charge in [0.1, 0.15) is 5.75 Å². The number of aromatic nitrogens is 2. The molecule has 4 rings (SSSR count). The molecule has 0 bridgehead atoms. The van der Waals surface area contributed by atoms with E-state index in [9.17, 15) is 13.2 Å². The van der Waals surface area contributed by atoms with Crippen molar-refractivity contribution < 1.29 is 22.5 Å². The molecule has 0 N–H and O–H groups in total. The fraction of sp³-hybridized carbons (Fsp3) is 0.375. The van der Waals surface area contributed by atoms with Crippen LogP contribution in [0.4, 0.5) is 0 Å². The van der Waals surface area contributed by atoms with Crippen LogP contribution >= 0.6 is 0 Å². The number of hydrogen-bond acceptors (Lipinski definition) is 7. The minimum atomic E-state index is -3.55. The van der Waals surface area contributed by atoms with Gasteiger partial charge in [0, 0.05) is 38.2 Å². The molecule has 1 saturated heterocycles. The molecule has 1 aliphatic rings. The first-order valence-electron chi connectivity index (χ1n) is 11.4. The minimum absolute atomic E-state index is 0.117. The number of rotatable bonds is 9. The van der Waals surface area contributed by atoms with Crippen molar-refractivity contribution in [3.8, 4) is 17.1 Å². The number of nitrogens with zero attached hydrogens (tertiary/aromatic N) is 4. The van der Waals surface area contributed by atoms with Gasteiger partial charge in [0.25, 0.3) is 5.91 Å². The van der Waals surface area contributed by atoms with E-state index in [0.717, 1.165) is 24.8 Å². The Morgan fingerprint density at radius 2 is 1.74 bits per heavy atom.